The van der Waals surface area contributed by atoms with Crippen molar-refractivity contribution in [2.45, 2.75) is 13.1 Å². The van der Waals surface area contributed by atoms with Gasteiger partial charge in [-0.25, -0.2) is 4.98 Å². The van der Waals surface area contributed by atoms with Crippen LogP contribution in [0.15, 0.2) is 24.5 Å². The van der Waals surface area contributed by atoms with E-state index in [0.29, 0.717) is 37.8 Å². The minimum atomic E-state index is -4.62. The van der Waals surface area contributed by atoms with Gasteiger partial charge in [0.05, 0.1) is 0 Å². The Morgan fingerprint density at radius 1 is 0.966 bits per heavy atom. The van der Waals surface area contributed by atoms with Gasteiger partial charge >= 0.3 is 6.18 Å². The van der Waals surface area contributed by atoms with E-state index in [-0.39, 0.29) is 5.65 Å². The van der Waals surface area contributed by atoms with Crippen LogP contribution < -0.4 is 9.80 Å². The molecule has 0 saturated carbocycles. The van der Waals surface area contributed by atoms with Crippen molar-refractivity contribution in [2.75, 3.05) is 36.0 Å². The highest BCUT2D eigenvalue weighted by Crippen LogP contribution is 2.28. The van der Waals surface area contributed by atoms with Gasteiger partial charge in [-0.05, 0) is 19.1 Å². The fourth-order valence-electron chi connectivity index (χ4n) is 3.43. The quantitative estimate of drug-likeness (QED) is 0.492. The maximum atomic E-state index is 13.1. The first kappa shape index (κ1) is 17.6. The first-order valence-electron chi connectivity index (χ1n) is 8.87. The summed E-state index contributed by atoms with van der Waals surface area (Å²) in [6.07, 6.45) is -3.16. The third-order valence-corrected chi connectivity index (χ3v) is 4.79. The lowest BCUT2D eigenvalue weighted by Gasteiger charge is -2.36. The standard InChI is InChI=1S/C16H15F3N10/c1-10-8-13(29-15(22-10)20-9-21-29)27-6-4-26(5-7-27)12-3-2-11-23-24-14(16(17,18)19)28(11)25-12/h2-3,8-9H,4-7H2,1H3. The molecule has 5 heterocycles. The molecule has 29 heavy (non-hydrogen) atoms. The second kappa shape index (κ2) is 6.25. The Hall–Kier alpha value is -3.51. The molecular weight excluding hydrogens is 389 g/mol. The number of rotatable bonds is 2. The topological polar surface area (TPSA) is 92.6 Å². The van der Waals surface area contributed by atoms with Crippen LogP contribution in [0.2, 0.25) is 0 Å². The van der Waals surface area contributed by atoms with Gasteiger partial charge in [-0.2, -0.15) is 32.3 Å². The summed E-state index contributed by atoms with van der Waals surface area (Å²) >= 11 is 0. The van der Waals surface area contributed by atoms with Gasteiger partial charge in [-0.15, -0.1) is 15.3 Å². The van der Waals surface area contributed by atoms with E-state index in [9.17, 15) is 13.2 Å². The molecule has 0 amide bonds. The van der Waals surface area contributed by atoms with E-state index < -0.39 is 12.0 Å². The van der Waals surface area contributed by atoms with E-state index >= 15 is 0 Å². The molecule has 0 N–H and O–H groups in total. The molecule has 150 valence electrons. The zero-order chi connectivity index (χ0) is 20.2. The van der Waals surface area contributed by atoms with Crippen LogP contribution in [0.1, 0.15) is 11.5 Å². The Bertz CT molecular complexity index is 1190. The van der Waals surface area contributed by atoms with Crippen LogP contribution in [0, 0.1) is 6.92 Å². The fraction of sp³-hybridized carbons (Fsp3) is 0.375. The second-order valence-corrected chi connectivity index (χ2v) is 6.68. The largest absolute Gasteiger partial charge is 0.453 e. The van der Waals surface area contributed by atoms with Crippen molar-refractivity contribution >= 4 is 23.1 Å². The maximum absolute atomic E-state index is 13.1. The van der Waals surface area contributed by atoms with E-state index in [1.165, 1.54) is 12.4 Å². The molecule has 5 rings (SSSR count). The van der Waals surface area contributed by atoms with E-state index in [4.69, 9.17) is 0 Å². The van der Waals surface area contributed by atoms with Crippen LogP contribution in [0.25, 0.3) is 11.4 Å². The number of aromatic nitrogens is 8. The number of fused-ring (bicyclic) bond motifs is 2. The third kappa shape index (κ3) is 2.98. The minimum Gasteiger partial charge on any atom is -0.353 e. The van der Waals surface area contributed by atoms with Crippen LogP contribution in [0.4, 0.5) is 24.8 Å². The van der Waals surface area contributed by atoms with Crippen molar-refractivity contribution in [3.05, 3.63) is 36.0 Å². The highest BCUT2D eigenvalue weighted by Gasteiger charge is 2.38. The SMILES string of the molecule is Cc1cc(N2CCN(c3ccc4nnc(C(F)(F)F)n4n3)CC2)n2ncnc2n1. The Kier molecular flexibility index (Phi) is 3.79. The average Bonchev–Trinajstić information content (AvgIpc) is 3.33. The van der Waals surface area contributed by atoms with Gasteiger partial charge in [0.25, 0.3) is 11.6 Å². The van der Waals surface area contributed by atoms with Gasteiger partial charge in [0.2, 0.25) is 0 Å². The van der Waals surface area contributed by atoms with Crippen molar-refractivity contribution in [2.24, 2.45) is 0 Å². The molecule has 0 atom stereocenters. The van der Waals surface area contributed by atoms with Crippen molar-refractivity contribution in [3.63, 3.8) is 0 Å². The lowest BCUT2D eigenvalue weighted by atomic mass is 10.3. The molecule has 0 aliphatic carbocycles. The first-order valence-corrected chi connectivity index (χ1v) is 8.87. The molecule has 10 nitrogen and oxygen atoms in total. The molecular formula is C16H15F3N10. The van der Waals surface area contributed by atoms with Crippen molar-refractivity contribution in [1.82, 2.24) is 39.4 Å². The Morgan fingerprint density at radius 3 is 2.48 bits per heavy atom. The van der Waals surface area contributed by atoms with Crippen molar-refractivity contribution < 1.29 is 13.2 Å². The molecule has 0 bridgehead atoms. The Morgan fingerprint density at radius 2 is 1.72 bits per heavy atom. The molecule has 13 heteroatoms. The number of piperazine rings is 1. The lowest BCUT2D eigenvalue weighted by molar-refractivity contribution is -0.146. The molecule has 4 aromatic rings. The molecule has 4 aromatic heterocycles. The number of halogens is 3. The fourth-order valence-corrected chi connectivity index (χ4v) is 3.43. The molecule has 1 aliphatic rings. The summed E-state index contributed by atoms with van der Waals surface area (Å²) in [5, 5.41) is 15.1. The summed E-state index contributed by atoms with van der Waals surface area (Å²) < 4.78 is 41.7. The summed E-state index contributed by atoms with van der Waals surface area (Å²) in [4.78, 5) is 12.6. The van der Waals surface area contributed by atoms with Crippen molar-refractivity contribution in [3.8, 4) is 0 Å². The number of nitrogens with zero attached hydrogens (tertiary/aromatic N) is 10. The van der Waals surface area contributed by atoms with Gasteiger partial charge in [-0.1, -0.05) is 0 Å². The third-order valence-electron chi connectivity index (χ3n) is 4.79. The molecule has 1 fully saturated rings. The van der Waals surface area contributed by atoms with E-state index in [0.717, 1.165) is 16.0 Å². The zero-order valence-electron chi connectivity index (χ0n) is 15.2. The molecule has 0 spiro atoms. The summed E-state index contributed by atoms with van der Waals surface area (Å²) in [5.41, 5.74) is 0.892. The van der Waals surface area contributed by atoms with Crippen molar-refractivity contribution in [1.29, 1.82) is 0 Å². The normalized spacial score (nSPS) is 15.6. The van der Waals surface area contributed by atoms with Gasteiger partial charge in [0.1, 0.15) is 18.0 Å². The maximum Gasteiger partial charge on any atom is 0.453 e. The van der Waals surface area contributed by atoms with E-state index in [2.05, 4.69) is 35.3 Å². The predicted octanol–water partition coefficient (Wildman–Crippen LogP) is 1.22. The van der Waals surface area contributed by atoms with E-state index in [1.54, 1.807) is 10.6 Å². The van der Waals surface area contributed by atoms with Crippen LogP contribution in [-0.2, 0) is 6.18 Å². The van der Waals surface area contributed by atoms with Crippen LogP contribution in [-0.4, -0.2) is 65.6 Å². The second-order valence-electron chi connectivity index (χ2n) is 6.68. The highest BCUT2D eigenvalue weighted by molar-refractivity contribution is 5.51. The molecule has 1 saturated heterocycles. The van der Waals surface area contributed by atoms with Gasteiger partial charge in [0, 0.05) is 37.9 Å². The number of hydrogen-bond donors (Lipinski definition) is 0. The van der Waals surface area contributed by atoms with Gasteiger partial charge in [0.15, 0.2) is 5.65 Å². The number of alkyl halides is 3. The first-order chi connectivity index (χ1) is 13.9. The summed E-state index contributed by atoms with van der Waals surface area (Å²) in [5.74, 6) is 0.723. The predicted molar refractivity (Wildman–Crippen MR) is 95.7 cm³/mol. The molecule has 1 aliphatic heterocycles. The number of aryl methyl sites for hydroxylation is 1. The monoisotopic (exact) mass is 404 g/mol. The summed E-state index contributed by atoms with van der Waals surface area (Å²) in [6, 6.07) is 5.09. The van der Waals surface area contributed by atoms with Crippen LogP contribution in [0.3, 0.4) is 0 Å². The van der Waals surface area contributed by atoms with Crippen LogP contribution in [0.5, 0.6) is 0 Å². The van der Waals surface area contributed by atoms with Gasteiger partial charge in [-0.3, -0.25) is 0 Å². The van der Waals surface area contributed by atoms with Crippen LogP contribution >= 0.6 is 0 Å². The summed E-state index contributed by atoms with van der Waals surface area (Å²) in [7, 11) is 0. The highest BCUT2D eigenvalue weighted by atomic mass is 19.4. The van der Waals surface area contributed by atoms with Gasteiger partial charge < -0.3 is 9.80 Å². The molecule has 0 radical (unpaired) electrons. The zero-order valence-corrected chi connectivity index (χ0v) is 15.2. The number of hydrogen-bond acceptors (Lipinski definition) is 8. The average molecular weight is 404 g/mol. The lowest BCUT2D eigenvalue weighted by Crippen LogP contribution is -2.47. The number of anilines is 2. The Balaban J connectivity index is 1.40. The van der Waals surface area contributed by atoms with E-state index in [1.807, 2.05) is 17.9 Å². The smallest absolute Gasteiger partial charge is 0.353 e. The Labute approximate surface area is 161 Å². The molecule has 0 unspecified atom stereocenters. The molecule has 0 aromatic carbocycles. The summed E-state index contributed by atoms with van der Waals surface area (Å²) in [6.45, 7) is 4.35. The minimum absolute atomic E-state index is 0.0561.